The zero-order valence-electron chi connectivity index (χ0n) is 8.50. The van der Waals surface area contributed by atoms with Crippen LogP contribution in [-0.4, -0.2) is 18.0 Å². The number of nitrogens with zero attached hydrogens (tertiary/aromatic N) is 1. The summed E-state index contributed by atoms with van der Waals surface area (Å²) < 4.78 is 0. The molecule has 1 heteroatoms. The lowest BCUT2D eigenvalue weighted by Gasteiger charge is -2.38. The summed E-state index contributed by atoms with van der Waals surface area (Å²) in [6, 6.07) is 0. The molecule has 1 aliphatic heterocycles. The largest absolute Gasteiger partial charge is 0.375 e. The van der Waals surface area contributed by atoms with Crippen LogP contribution in [0, 0.1) is 5.92 Å². The first-order valence-electron chi connectivity index (χ1n) is 5.53. The van der Waals surface area contributed by atoms with Gasteiger partial charge >= 0.3 is 0 Å². The fraction of sp³-hybridized carbons (Fsp3) is 0.667. The Bertz CT molecular complexity index is 225. The lowest BCUT2D eigenvalue weighted by Crippen LogP contribution is -2.34. The van der Waals surface area contributed by atoms with Gasteiger partial charge in [0, 0.05) is 24.7 Å². The van der Waals surface area contributed by atoms with E-state index in [0.29, 0.717) is 0 Å². The molecule has 0 aromatic carbocycles. The Morgan fingerprint density at radius 3 is 3.31 bits per heavy atom. The van der Waals surface area contributed by atoms with E-state index < -0.39 is 0 Å². The highest BCUT2D eigenvalue weighted by molar-refractivity contribution is 5.21. The molecule has 1 saturated heterocycles. The minimum Gasteiger partial charge on any atom is -0.375 e. The summed E-state index contributed by atoms with van der Waals surface area (Å²) in [6.45, 7) is 4.79. The third-order valence-corrected chi connectivity index (χ3v) is 3.08. The molecular weight excluding hydrogens is 158 g/mol. The van der Waals surface area contributed by atoms with Gasteiger partial charge in [0.25, 0.3) is 0 Å². The van der Waals surface area contributed by atoms with Gasteiger partial charge in [-0.05, 0) is 31.8 Å². The maximum absolute atomic E-state index is 2.58. The molecule has 1 heterocycles. The van der Waals surface area contributed by atoms with Gasteiger partial charge in [0.15, 0.2) is 0 Å². The molecule has 0 spiro atoms. The molecule has 1 fully saturated rings. The second-order valence-electron chi connectivity index (χ2n) is 4.08. The van der Waals surface area contributed by atoms with Gasteiger partial charge in [0.05, 0.1) is 0 Å². The van der Waals surface area contributed by atoms with Crippen molar-refractivity contribution in [3.05, 3.63) is 23.9 Å². The Morgan fingerprint density at radius 2 is 2.46 bits per heavy atom. The van der Waals surface area contributed by atoms with Crippen molar-refractivity contribution in [3.8, 4) is 0 Å². The van der Waals surface area contributed by atoms with Crippen molar-refractivity contribution in [2.75, 3.05) is 13.1 Å². The predicted molar refractivity (Wildman–Crippen MR) is 56.4 cm³/mol. The minimum atomic E-state index is 0.838. The van der Waals surface area contributed by atoms with Crippen LogP contribution in [0.5, 0.6) is 0 Å². The van der Waals surface area contributed by atoms with Crippen molar-refractivity contribution in [1.29, 1.82) is 0 Å². The van der Waals surface area contributed by atoms with E-state index in [9.17, 15) is 0 Å². The smallest absolute Gasteiger partial charge is 0.0175 e. The van der Waals surface area contributed by atoms with Crippen molar-refractivity contribution in [2.24, 2.45) is 5.92 Å². The molecule has 0 amide bonds. The van der Waals surface area contributed by atoms with Gasteiger partial charge in [0.2, 0.25) is 0 Å². The molecule has 1 unspecified atom stereocenters. The summed E-state index contributed by atoms with van der Waals surface area (Å²) in [7, 11) is 0. The molecule has 2 aliphatic rings. The SMILES string of the molecule is CCCN1CCCC2CC=CC=C21. The van der Waals surface area contributed by atoms with Crippen molar-refractivity contribution >= 4 is 0 Å². The molecule has 1 atom stereocenters. The highest BCUT2D eigenvalue weighted by atomic mass is 15.1. The van der Waals surface area contributed by atoms with Crippen LogP contribution in [0.15, 0.2) is 23.9 Å². The summed E-state index contributed by atoms with van der Waals surface area (Å²) >= 11 is 0. The van der Waals surface area contributed by atoms with Gasteiger partial charge in [-0.2, -0.15) is 0 Å². The van der Waals surface area contributed by atoms with Crippen LogP contribution in [0.2, 0.25) is 0 Å². The van der Waals surface area contributed by atoms with Gasteiger partial charge < -0.3 is 4.90 Å². The Hall–Kier alpha value is -0.720. The number of piperidine rings is 1. The second kappa shape index (κ2) is 3.99. The highest BCUT2D eigenvalue weighted by Gasteiger charge is 2.24. The maximum atomic E-state index is 2.58. The van der Waals surface area contributed by atoms with Crippen molar-refractivity contribution in [2.45, 2.75) is 32.6 Å². The van der Waals surface area contributed by atoms with Crippen LogP contribution < -0.4 is 0 Å². The normalized spacial score (nSPS) is 27.0. The summed E-state index contributed by atoms with van der Waals surface area (Å²) in [6.07, 6.45) is 12.2. The first-order valence-corrected chi connectivity index (χ1v) is 5.53. The molecule has 0 aromatic rings. The highest BCUT2D eigenvalue weighted by Crippen LogP contribution is 2.32. The molecule has 2 rings (SSSR count). The van der Waals surface area contributed by atoms with Crippen LogP contribution in [0.3, 0.4) is 0 Å². The predicted octanol–water partition coefficient (Wildman–Crippen LogP) is 2.95. The third kappa shape index (κ3) is 1.79. The average Bonchev–Trinajstić information content (AvgIpc) is 2.19. The number of rotatable bonds is 2. The van der Waals surface area contributed by atoms with Crippen LogP contribution in [0.4, 0.5) is 0 Å². The standard InChI is InChI=1S/C12H19N/c1-2-9-13-10-5-7-11-6-3-4-8-12(11)13/h3-4,8,11H,2,5-7,9-10H2,1H3. The molecule has 0 saturated carbocycles. The number of fused-ring (bicyclic) bond motifs is 1. The Kier molecular flexibility index (Phi) is 2.72. The first kappa shape index (κ1) is 8.86. The number of hydrogen-bond donors (Lipinski definition) is 0. The zero-order valence-corrected chi connectivity index (χ0v) is 8.50. The Balaban J connectivity index is 2.09. The van der Waals surface area contributed by atoms with Crippen LogP contribution in [0.25, 0.3) is 0 Å². The molecule has 1 aliphatic carbocycles. The Labute approximate surface area is 81.1 Å². The molecule has 0 radical (unpaired) electrons. The van der Waals surface area contributed by atoms with E-state index in [1.54, 1.807) is 5.70 Å². The fourth-order valence-electron chi connectivity index (χ4n) is 2.46. The van der Waals surface area contributed by atoms with Gasteiger partial charge in [-0.25, -0.2) is 0 Å². The van der Waals surface area contributed by atoms with Gasteiger partial charge in [-0.3, -0.25) is 0 Å². The molecule has 0 aromatic heterocycles. The number of allylic oxidation sites excluding steroid dienone is 4. The summed E-state index contributed by atoms with van der Waals surface area (Å²) in [5.41, 5.74) is 1.61. The van der Waals surface area contributed by atoms with Crippen LogP contribution >= 0.6 is 0 Å². The molecule has 1 nitrogen and oxygen atoms in total. The van der Waals surface area contributed by atoms with Crippen LogP contribution in [-0.2, 0) is 0 Å². The van der Waals surface area contributed by atoms with E-state index in [-0.39, 0.29) is 0 Å². The lowest BCUT2D eigenvalue weighted by atomic mass is 9.88. The number of hydrogen-bond acceptors (Lipinski definition) is 1. The third-order valence-electron chi connectivity index (χ3n) is 3.08. The van der Waals surface area contributed by atoms with Gasteiger partial charge in [-0.1, -0.05) is 19.1 Å². The molecule has 0 N–H and O–H groups in total. The minimum absolute atomic E-state index is 0.838. The van der Waals surface area contributed by atoms with Gasteiger partial charge in [-0.15, -0.1) is 0 Å². The summed E-state index contributed by atoms with van der Waals surface area (Å²) in [5.74, 6) is 0.838. The first-order chi connectivity index (χ1) is 6.42. The zero-order chi connectivity index (χ0) is 9.10. The average molecular weight is 177 g/mol. The topological polar surface area (TPSA) is 3.24 Å². The fourth-order valence-corrected chi connectivity index (χ4v) is 2.46. The van der Waals surface area contributed by atoms with Crippen molar-refractivity contribution in [3.63, 3.8) is 0 Å². The summed E-state index contributed by atoms with van der Waals surface area (Å²) in [4.78, 5) is 2.58. The van der Waals surface area contributed by atoms with E-state index >= 15 is 0 Å². The van der Waals surface area contributed by atoms with Crippen molar-refractivity contribution in [1.82, 2.24) is 4.90 Å². The quantitative estimate of drug-likeness (QED) is 0.627. The second-order valence-corrected chi connectivity index (χ2v) is 4.08. The van der Waals surface area contributed by atoms with E-state index in [4.69, 9.17) is 0 Å². The maximum Gasteiger partial charge on any atom is 0.0175 e. The molecular formula is C12H19N. The molecule has 13 heavy (non-hydrogen) atoms. The van der Waals surface area contributed by atoms with Crippen LogP contribution in [0.1, 0.15) is 32.6 Å². The lowest BCUT2D eigenvalue weighted by molar-refractivity contribution is 0.240. The van der Waals surface area contributed by atoms with E-state index in [2.05, 4.69) is 30.1 Å². The Morgan fingerprint density at radius 1 is 1.54 bits per heavy atom. The number of likely N-dealkylation sites (tertiary alicyclic amines) is 1. The monoisotopic (exact) mass is 177 g/mol. The molecule has 72 valence electrons. The van der Waals surface area contributed by atoms with E-state index in [1.165, 1.54) is 38.8 Å². The van der Waals surface area contributed by atoms with Gasteiger partial charge in [0.1, 0.15) is 0 Å². The molecule has 0 bridgehead atoms. The van der Waals surface area contributed by atoms with E-state index in [1.807, 2.05) is 0 Å². The summed E-state index contributed by atoms with van der Waals surface area (Å²) in [5, 5.41) is 0. The van der Waals surface area contributed by atoms with Crippen molar-refractivity contribution < 1.29 is 0 Å². The van der Waals surface area contributed by atoms with E-state index in [0.717, 1.165) is 5.92 Å².